The fourth-order valence-electron chi connectivity index (χ4n) is 1.01. The number of rotatable bonds is 3. The first-order valence-corrected chi connectivity index (χ1v) is 5.00. The van der Waals surface area contributed by atoms with E-state index in [1.54, 1.807) is 0 Å². The fraction of sp³-hybridized carbons (Fsp3) is 0.545. The highest BCUT2D eigenvalue weighted by molar-refractivity contribution is 5.33. The number of nitrogens with zero attached hydrogens (tertiary/aromatic N) is 3. The summed E-state index contributed by atoms with van der Waals surface area (Å²) in [6.07, 6.45) is 0.924. The molecule has 0 aromatic carbocycles. The Labute approximate surface area is 89.9 Å². The lowest BCUT2D eigenvalue weighted by Gasteiger charge is -2.13. The topological polar surface area (TPSA) is 58.8 Å². The van der Waals surface area contributed by atoms with E-state index in [9.17, 15) is 0 Å². The van der Waals surface area contributed by atoms with Crippen LogP contribution >= 0.6 is 0 Å². The highest BCUT2D eigenvalue weighted by atomic mass is 16.5. The van der Waals surface area contributed by atoms with Gasteiger partial charge in [-0.25, -0.2) is 9.97 Å². The number of hydrogen-bond acceptors (Lipinski definition) is 4. The molecule has 0 spiro atoms. The molecule has 80 valence electrons. The molecule has 0 bridgehead atoms. The van der Waals surface area contributed by atoms with E-state index in [1.165, 1.54) is 0 Å². The Balaban J connectivity index is 3.06. The summed E-state index contributed by atoms with van der Waals surface area (Å²) in [6.45, 7) is 7.65. The molecule has 1 aromatic rings. The van der Waals surface area contributed by atoms with E-state index in [1.807, 2.05) is 33.8 Å². The predicted molar refractivity (Wildman–Crippen MR) is 56.6 cm³/mol. The van der Waals surface area contributed by atoms with Gasteiger partial charge in [0.1, 0.15) is 6.07 Å². The lowest BCUT2D eigenvalue weighted by atomic mass is 10.3. The minimum Gasteiger partial charge on any atom is -0.473 e. The SMILES string of the molecule is CCC(C)Oc1nc(C)c(C)nc1C#N. The molecule has 4 nitrogen and oxygen atoms in total. The predicted octanol–water partition coefficient (Wildman–Crippen LogP) is 2.14. The molecule has 0 aliphatic rings. The van der Waals surface area contributed by atoms with Crippen LogP contribution in [-0.4, -0.2) is 16.1 Å². The molecule has 1 rings (SSSR count). The molecule has 0 N–H and O–H groups in total. The van der Waals surface area contributed by atoms with Gasteiger partial charge in [0.2, 0.25) is 5.69 Å². The second kappa shape index (κ2) is 4.74. The number of nitriles is 1. The zero-order chi connectivity index (χ0) is 11.4. The first-order chi connectivity index (χ1) is 7.08. The van der Waals surface area contributed by atoms with Crippen LogP contribution in [0.5, 0.6) is 5.88 Å². The Morgan fingerprint density at radius 2 is 1.93 bits per heavy atom. The van der Waals surface area contributed by atoms with Crippen molar-refractivity contribution in [3.63, 3.8) is 0 Å². The molecule has 0 fully saturated rings. The quantitative estimate of drug-likeness (QED) is 0.758. The zero-order valence-electron chi connectivity index (χ0n) is 9.53. The summed E-state index contributed by atoms with van der Waals surface area (Å²) in [5.74, 6) is 0.343. The molecule has 0 aliphatic carbocycles. The minimum absolute atomic E-state index is 0.0495. The van der Waals surface area contributed by atoms with Gasteiger partial charge in [0.25, 0.3) is 5.88 Å². The summed E-state index contributed by atoms with van der Waals surface area (Å²) in [5.41, 5.74) is 1.83. The molecule has 1 aromatic heterocycles. The van der Waals surface area contributed by atoms with Crippen molar-refractivity contribution in [3.8, 4) is 11.9 Å². The molecular formula is C11H15N3O. The van der Waals surface area contributed by atoms with E-state index in [0.717, 1.165) is 17.8 Å². The third-order valence-corrected chi connectivity index (χ3v) is 2.27. The first kappa shape index (κ1) is 11.4. The van der Waals surface area contributed by atoms with Crippen LogP contribution in [-0.2, 0) is 0 Å². The highest BCUT2D eigenvalue weighted by Crippen LogP contribution is 2.16. The number of aromatic nitrogens is 2. The number of aryl methyl sites for hydroxylation is 2. The number of ether oxygens (including phenoxy) is 1. The van der Waals surface area contributed by atoms with E-state index in [-0.39, 0.29) is 11.8 Å². The molecule has 1 atom stereocenters. The molecule has 0 aliphatic heterocycles. The third kappa shape index (κ3) is 2.66. The van der Waals surface area contributed by atoms with Crippen LogP contribution in [0.2, 0.25) is 0 Å². The largest absolute Gasteiger partial charge is 0.473 e. The van der Waals surface area contributed by atoms with Crippen LogP contribution in [0, 0.1) is 25.2 Å². The summed E-state index contributed by atoms with van der Waals surface area (Å²) in [6, 6.07) is 1.99. The van der Waals surface area contributed by atoms with Gasteiger partial charge >= 0.3 is 0 Å². The molecule has 15 heavy (non-hydrogen) atoms. The zero-order valence-corrected chi connectivity index (χ0v) is 9.53. The van der Waals surface area contributed by atoms with Crippen LogP contribution in [0.4, 0.5) is 0 Å². The minimum atomic E-state index is 0.0495. The standard InChI is InChI=1S/C11H15N3O/c1-5-7(2)15-11-10(6-12)13-8(3)9(4)14-11/h7H,5H2,1-4H3. The van der Waals surface area contributed by atoms with Crippen molar-refractivity contribution in [2.75, 3.05) is 0 Å². The van der Waals surface area contributed by atoms with Crippen molar-refractivity contribution < 1.29 is 4.74 Å². The van der Waals surface area contributed by atoms with E-state index < -0.39 is 0 Å². The van der Waals surface area contributed by atoms with Crippen molar-refractivity contribution in [3.05, 3.63) is 17.1 Å². The molecule has 4 heteroatoms. The fourth-order valence-corrected chi connectivity index (χ4v) is 1.01. The van der Waals surface area contributed by atoms with Crippen LogP contribution in [0.25, 0.3) is 0 Å². The van der Waals surface area contributed by atoms with Gasteiger partial charge in [-0.15, -0.1) is 0 Å². The van der Waals surface area contributed by atoms with Crippen LogP contribution < -0.4 is 4.74 Å². The Morgan fingerprint density at radius 1 is 1.33 bits per heavy atom. The van der Waals surface area contributed by atoms with E-state index >= 15 is 0 Å². The Morgan fingerprint density at radius 3 is 2.47 bits per heavy atom. The second-order valence-electron chi connectivity index (χ2n) is 3.50. The van der Waals surface area contributed by atoms with Gasteiger partial charge in [-0.3, -0.25) is 0 Å². The van der Waals surface area contributed by atoms with Crippen molar-refractivity contribution in [1.29, 1.82) is 5.26 Å². The smallest absolute Gasteiger partial charge is 0.251 e. The Kier molecular flexibility index (Phi) is 3.62. The van der Waals surface area contributed by atoms with Crippen LogP contribution in [0.3, 0.4) is 0 Å². The number of hydrogen-bond donors (Lipinski definition) is 0. The average molecular weight is 205 g/mol. The summed E-state index contributed by atoms with van der Waals surface area (Å²) >= 11 is 0. The summed E-state index contributed by atoms with van der Waals surface area (Å²) in [4.78, 5) is 8.35. The lowest BCUT2D eigenvalue weighted by molar-refractivity contribution is 0.206. The summed E-state index contributed by atoms with van der Waals surface area (Å²) in [7, 11) is 0. The summed E-state index contributed by atoms with van der Waals surface area (Å²) in [5, 5.41) is 8.89. The van der Waals surface area contributed by atoms with Crippen molar-refractivity contribution >= 4 is 0 Å². The average Bonchev–Trinajstić information content (AvgIpc) is 2.22. The van der Waals surface area contributed by atoms with Crippen molar-refractivity contribution in [1.82, 2.24) is 9.97 Å². The second-order valence-corrected chi connectivity index (χ2v) is 3.50. The van der Waals surface area contributed by atoms with E-state index in [4.69, 9.17) is 10.00 Å². The van der Waals surface area contributed by atoms with Gasteiger partial charge in [-0.1, -0.05) is 6.92 Å². The van der Waals surface area contributed by atoms with E-state index in [2.05, 4.69) is 9.97 Å². The lowest BCUT2D eigenvalue weighted by Crippen LogP contribution is -2.13. The first-order valence-electron chi connectivity index (χ1n) is 5.00. The molecular weight excluding hydrogens is 190 g/mol. The summed E-state index contributed by atoms with van der Waals surface area (Å²) < 4.78 is 5.53. The molecule has 1 heterocycles. The highest BCUT2D eigenvalue weighted by Gasteiger charge is 2.12. The van der Waals surface area contributed by atoms with Gasteiger partial charge in [0, 0.05) is 0 Å². The van der Waals surface area contributed by atoms with Gasteiger partial charge in [-0.2, -0.15) is 5.26 Å². The molecule has 1 unspecified atom stereocenters. The maximum Gasteiger partial charge on any atom is 0.251 e. The maximum absolute atomic E-state index is 8.89. The van der Waals surface area contributed by atoms with Crippen LogP contribution in [0.15, 0.2) is 0 Å². The normalized spacial score (nSPS) is 11.9. The van der Waals surface area contributed by atoms with Crippen molar-refractivity contribution in [2.45, 2.75) is 40.2 Å². The van der Waals surface area contributed by atoms with Gasteiger partial charge in [0.15, 0.2) is 0 Å². The maximum atomic E-state index is 8.89. The Hall–Kier alpha value is -1.63. The Bertz CT molecular complexity index is 396. The van der Waals surface area contributed by atoms with Crippen molar-refractivity contribution in [2.24, 2.45) is 0 Å². The molecule has 0 radical (unpaired) electrons. The van der Waals surface area contributed by atoms with Crippen LogP contribution in [0.1, 0.15) is 37.4 Å². The monoisotopic (exact) mass is 205 g/mol. The van der Waals surface area contributed by atoms with E-state index in [0.29, 0.717) is 5.88 Å². The molecule has 0 saturated carbocycles. The third-order valence-electron chi connectivity index (χ3n) is 2.27. The van der Waals surface area contributed by atoms with Gasteiger partial charge < -0.3 is 4.74 Å². The molecule has 0 saturated heterocycles. The molecule has 0 amide bonds. The van der Waals surface area contributed by atoms with Gasteiger partial charge in [-0.05, 0) is 27.2 Å². The van der Waals surface area contributed by atoms with Gasteiger partial charge in [0.05, 0.1) is 17.5 Å².